The van der Waals surface area contributed by atoms with E-state index in [0.29, 0.717) is 6.42 Å². The molecule has 0 radical (unpaired) electrons. The van der Waals surface area contributed by atoms with E-state index in [9.17, 15) is 4.79 Å². The molecule has 1 saturated heterocycles. The van der Waals surface area contributed by atoms with Crippen LogP contribution in [0.5, 0.6) is 0 Å². The summed E-state index contributed by atoms with van der Waals surface area (Å²) in [4.78, 5) is 13.3. The number of amides is 1. The zero-order chi connectivity index (χ0) is 14.4. The molecule has 1 unspecified atom stereocenters. The van der Waals surface area contributed by atoms with Crippen molar-refractivity contribution in [3.8, 4) is 0 Å². The quantitative estimate of drug-likeness (QED) is 0.907. The third-order valence-electron chi connectivity index (χ3n) is 3.40. The van der Waals surface area contributed by atoms with Crippen molar-refractivity contribution < 1.29 is 4.79 Å². The Morgan fingerprint density at radius 3 is 2.55 bits per heavy atom. The van der Waals surface area contributed by atoms with Crippen LogP contribution in [0.4, 0.5) is 0 Å². The second-order valence-electron chi connectivity index (χ2n) is 5.07. The molecule has 5 nitrogen and oxygen atoms in total. The summed E-state index contributed by atoms with van der Waals surface area (Å²) in [5.41, 5.74) is 2.19. The molecule has 1 aliphatic heterocycles. The molecule has 1 aromatic heterocycles. The van der Waals surface area contributed by atoms with Gasteiger partial charge in [0, 0.05) is 25.9 Å². The fourth-order valence-electron chi connectivity index (χ4n) is 2.19. The number of aromatic amines is 1. The average molecular weight is 272 g/mol. The van der Waals surface area contributed by atoms with E-state index in [-0.39, 0.29) is 11.8 Å². The molecule has 0 saturated carbocycles. The van der Waals surface area contributed by atoms with Gasteiger partial charge in [-0.2, -0.15) is 15.4 Å². The summed E-state index contributed by atoms with van der Waals surface area (Å²) in [6.07, 6.45) is 3.31. The molecule has 0 bridgehead atoms. The fraction of sp³-hybridized carbons (Fsp3) is 0.400. The van der Waals surface area contributed by atoms with Gasteiger partial charge in [-0.15, -0.1) is 0 Å². The van der Waals surface area contributed by atoms with Crippen LogP contribution >= 0.6 is 0 Å². The summed E-state index contributed by atoms with van der Waals surface area (Å²) in [5, 5.41) is 10.2. The van der Waals surface area contributed by atoms with Crippen LogP contribution in [0.3, 0.4) is 0 Å². The molecule has 0 aliphatic carbocycles. The highest BCUT2D eigenvalue weighted by atomic mass is 16.2. The Bertz CT molecular complexity index is 524. The highest BCUT2D eigenvalue weighted by Gasteiger charge is 2.29. The Morgan fingerprint density at radius 2 is 2.10 bits per heavy atom. The zero-order valence-corrected chi connectivity index (χ0v) is 11.9. The Kier molecular flexibility index (Phi) is 4.87. The van der Waals surface area contributed by atoms with Gasteiger partial charge in [-0.05, 0) is 13.3 Å². The number of aromatic nitrogens is 3. The van der Waals surface area contributed by atoms with Crippen molar-refractivity contribution in [3.63, 3.8) is 0 Å². The molecule has 1 aromatic carbocycles. The van der Waals surface area contributed by atoms with Crippen molar-refractivity contribution in [1.82, 2.24) is 20.3 Å². The minimum Gasteiger partial charge on any atom is -0.345 e. The molecule has 2 heterocycles. The normalized spacial score (nSPS) is 17.8. The summed E-state index contributed by atoms with van der Waals surface area (Å²) in [6, 6.07) is 10.3. The standard InChI is InChI=1S/C8H12N4O.C7H8/c1-12-3-2-6(8(12)13)4-7-5-9-11-10-7;1-7-5-3-2-4-6-7/h5-6H,2-4H2,1H3,(H,9,10,11);2-6H,1H3. The lowest BCUT2D eigenvalue weighted by molar-refractivity contribution is -0.129. The van der Waals surface area contributed by atoms with Crippen molar-refractivity contribution in [2.45, 2.75) is 19.8 Å². The number of nitrogens with one attached hydrogen (secondary N) is 1. The van der Waals surface area contributed by atoms with E-state index in [0.717, 1.165) is 18.7 Å². The van der Waals surface area contributed by atoms with Gasteiger partial charge in [0.2, 0.25) is 5.91 Å². The highest BCUT2D eigenvalue weighted by Crippen LogP contribution is 2.19. The number of H-pyrrole nitrogens is 1. The third kappa shape index (κ3) is 3.91. The number of likely N-dealkylation sites (tertiary alicyclic amines) is 1. The van der Waals surface area contributed by atoms with Gasteiger partial charge >= 0.3 is 0 Å². The highest BCUT2D eigenvalue weighted by molar-refractivity contribution is 5.80. The van der Waals surface area contributed by atoms with Gasteiger partial charge in [0.05, 0.1) is 11.9 Å². The summed E-state index contributed by atoms with van der Waals surface area (Å²) < 4.78 is 0. The largest absolute Gasteiger partial charge is 0.345 e. The van der Waals surface area contributed by atoms with Gasteiger partial charge in [-0.3, -0.25) is 4.79 Å². The molecule has 1 fully saturated rings. The summed E-state index contributed by atoms with van der Waals surface area (Å²) >= 11 is 0. The molecule has 2 aromatic rings. The first-order chi connectivity index (χ1) is 9.66. The molecule has 5 heteroatoms. The summed E-state index contributed by atoms with van der Waals surface area (Å²) in [5.74, 6) is 0.332. The number of hydrogen-bond donors (Lipinski definition) is 1. The SMILES string of the molecule is CN1CCC(Cc2cn[nH]n2)C1=O.Cc1ccccc1. The molecule has 1 N–H and O–H groups in total. The first kappa shape index (κ1) is 14.2. The molecule has 1 amide bonds. The second-order valence-corrected chi connectivity index (χ2v) is 5.07. The van der Waals surface area contributed by atoms with Gasteiger partial charge in [-0.25, -0.2) is 0 Å². The van der Waals surface area contributed by atoms with Crippen molar-refractivity contribution >= 4 is 5.91 Å². The summed E-state index contributed by atoms with van der Waals surface area (Å²) in [6.45, 7) is 2.95. The average Bonchev–Trinajstić information content (AvgIpc) is 3.06. The number of nitrogens with zero attached hydrogens (tertiary/aromatic N) is 3. The minimum atomic E-state index is 0.107. The first-order valence-electron chi connectivity index (χ1n) is 6.78. The Morgan fingerprint density at radius 1 is 1.35 bits per heavy atom. The Balaban J connectivity index is 0.000000178. The Labute approximate surface area is 119 Å². The number of hydrogen-bond acceptors (Lipinski definition) is 3. The van der Waals surface area contributed by atoms with E-state index < -0.39 is 0 Å². The first-order valence-corrected chi connectivity index (χ1v) is 6.78. The lowest BCUT2D eigenvalue weighted by atomic mass is 10.0. The maximum absolute atomic E-state index is 11.5. The number of rotatable bonds is 2. The molecule has 1 aliphatic rings. The Hall–Kier alpha value is -2.17. The maximum Gasteiger partial charge on any atom is 0.225 e. The second kappa shape index (κ2) is 6.84. The lowest BCUT2D eigenvalue weighted by Gasteiger charge is -2.08. The van der Waals surface area contributed by atoms with Crippen molar-refractivity contribution in [2.75, 3.05) is 13.6 Å². The third-order valence-corrected chi connectivity index (χ3v) is 3.40. The predicted octanol–water partition coefficient (Wildman–Crippen LogP) is 1.82. The molecular weight excluding hydrogens is 252 g/mol. The molecule has 0 spiro atoms. The van der Waals surface area contributed by atoms with E-state index in [1.807, 2.05) is 25.2 Å². The van der Waals surface area contributed by atoms with Crippen molar-refractivity contribution in [3.05, 3.63) is 47.8 Å². The van der Waals surface area contributed by atoms with Gasteiger partial charge < -0.3 is 4.90 Å². The zero-order valence-electron chi connectivity index (χ0n) is 11.9. The van der Waals surface area contributed by atoms with Gasteiger partial charge in [0.25, 0.3) is 0 Å². The van der Waals surface area contributed by atoms with E-state index in [1.54, 1.807) is 11.1 Å². The van der Waals surface area contributed by atoms with Gasteiger partial charge in [0.1, 0.15) is 0 Å². The smallest absolute Gasteiger partial charge is 0.225 e. The fourth-order valence-corrected chi connectivity index (χ4v) is 2.19. The predicted molar refractivity (Wildman–Crippen MR) is 77.0 cm³/mol. The molecule has 20 heavy (non-hydrogen) atoms. The molecular formula is C15H20N4O. The van der Waals surface area contributed by atoms with Crippen LogP contribution in [0.1, 0.15) is 17.7 Å². The number of benzene rings is 1. The van der Waals surface area contributed by atoms with E-state index in [4.69, 9.17) is 0 Å². The number of carbonyl (C=O) groups is 1. The topological polar surface area (TPSA) is 61.9 Å². The van der Waals surface area contributed by atoms with Crippen LogP contribution in [0.25, 0.3) is 0 Å². The van der Waals surface area contributed by atoms with E-state index in [2.05, 4.69) is 34.5 Å². The number of aryl methyl sites for hydroxylation is 1. The van der Waals surface area contributed by atoms with Gasteiger partial charge in [-0.1, -0.05) is 35.9 Å². The minimum absolute atomic E-state index is 0.107. The van der Waals surface area contributed by atoms with Crippen LogP contribution < -0.4 is 0 Å². The van der Waals surface area contributed by atoms with Crippen molar-refractivity contribution in [1.29, 1.82) is 0 Å². The lowest BCUT2D eigenvalue weighted by Crippen LogP contribution is -2.23. The van der Waals surface area contributed by atoms with Crippen LogP contribution in [0.15, 0.2) is 36.5 Å². The van der Waals surface area contributed by atoms with Crippen LogP contribution in [-0.4, -0.2) is 39.8 Å². The van der Waals surface area contributed by atoms with Crippen LogP contribution in [0, 0.1) is 12.8 Å². The van der Waals surface area contributed by atoms with Gasteiger partial charge in [0.15, 0.2) is 0 Å². The molecule has 3 rings (SSSR count). The summed E-state index contributed by atoms with van der Waals surface area (Å²) in [7, 11) is 1.84. The van der Waals surface area contributed by atoms with E-state index >= 15 is 0 Å². The van der Waals surface area contributed by atoms with E-state index in [1.165, 1.54) is 5.56 Å². The molecule has 1 atom stereocenters. The maximum atomic E-state index is 11.5. The van der Waals surface area contributed by atoms with Crippen LogP contribution in [0.2, 0.25) is 0 Å². The van der Waals surface area contributed by atoms with Crippen molar-refractivity contribution in [2.24, 2.45) is 5.92 Å². The molecule has 106 valence electrons. The number of carbonyl (C=O) groups excluding carboxylic acids is 1. The van der Waals surface area contributed by atoms with Crippen LogP contribution in [-0.2, 0) is 11.2 Å². The monoisotopic (exact) mass is 272 g/mol.